The van der Waals surface area contributed by atoms with Gasteiger partial charge in [-0.25, -0.2) is 0 Å². The summed E-state index contributed by atoms with van der Waals surface area (Å²) in [6, 6.07) is -0.826. The van der Waals surface area contributed by atoms with Gasteiger partial charge in [-0.3, -0.25) is 4.79 Å². The predicted octanol–water partition coefficient (Wildman–Crippen LogP) is 13.3. The number of nitrogens with one attached hydrogen (secondary N) is 1. The first-order chi connectivity index (χ1) is 40.1. The molecule has 2 saturated heterocycles. The van der Waals surface area contributed by atoms with Crippen molar-refractivity contribution in [1.82, 2.24) is 5.32 Å². The molecule has 12 atom stereocenters. The van der Waals surface area contributed by atoms with Gasteiger partial charge in [-0.15, -0.1) is 0 Å². The molecular weight excluding hydrogens is 1040 g/mol. The Labute approximate surface area is 500 Å². The molecule has 82 heavy (non-hydrogen) atoms. The van der Waals surface area contributed by atoms with Gasteiger partial charge in [0.1, 0.15) is 48.8 Å². The maximum absolute atomic E-state index is 13.3. The van der Waals surface area contributed by atoms with E-state index in [1.54, 1.807) is 0 Å². The fraction of sp³-hybridized carbons (Fsp3) is 0.897. The van der Waals surface area contributed by atoms with E-state index in [0.29, 0.717) is 12.8 Å². The molecule has 2 aliphatic heterocycles. The Morgan fingerprint density at radius 1 is 0.439 bits per heavy atom. The van der Waals surface area contributed by atoms with Crippen LogP contribution in [0.3, 0.4) is 0 Å². The van der Waals surface area contributed by atoms with Crippen LogP contribution >= 0.6 is 0 Å². The molecule has 9 N–H and O–H groups in total. The molecule has 2 rings (SSSR count). The third-order valence-corrected chi connectivity index (χ3v) is 16.9. The predicted molar refractivity (Wildman–Crippen MR) is 332 cm³/mol. The standard InChI is InChI=1S/C68H127NO13/c1-3-5-7-9-11-13-15-17-18-19-20-21-22-23-24-25-26-27-28-29-30-31-32-33-34-35-36-37-38-40-42-44-46-48-50-52-60(73)69-56(57(72)51-49-47-45-43-41-39-16-14-12-10-8-6-4-2)55-79-67-65(78)63(76)66(59(54-71)81-67)82-68-64(77)62(75)61(74)58(53-70)80-68/h15,17,19-20,22-23,56-59,61-68,70-72,74-78H,3-14,16,18,21,24-55H2,1-2H3,(H,69,73)/b17-15-,20-19-,23-22-. The van der Waals surface area contributed by atoms with Crippen molar-refractivity contribution in [3.63, 3.8) is 0 Å². The molecular formula is C68H127NO13. The summed E-state index contributed by atoms with van der Waals surface area (Å²) in [5, 5.41) is 87.3. The molecule has 1 amide bonds. The van der Waals surface area contributed by atoms with Gasteiger partial charge in [0.2, 0.25) is 5.91 Å². The third kappa shape index (κ3) is 37.7. The molecule has 14 nitrogen and oxygen atoms in total. The van der Waals surface area contributed by atoms with Crippen LogP contribution in [-0.2, 0) is 23.7 Å². The minimum Gasteiger partial charge on any atom is -0.394 e. The van der Waals surface area contributed by atoms with Gasteiger partial charge in [0.05, 0.1) is 32.0 Å². The van der Waals surface area contributed by atoms with Crippen LogP contribution in [0, 0.1) is 0 Å². The number of rotatable bonds is 56. The molecule has 2 aliphatic rings. The van der Waals surface area contributed by atoms with Crippen LogP contribution < -0.4 is 5.32 Å². The Bertz CT molecular complexity index is 1510. The number of hydrogen-bond donors (Lipinski definition) is 9. The Morgan fingerprint density at radius 3 is 1.23 bits per heavy atom. The Hall–Kier alpha value is -1.79. The lowest BCUT2D eigenvalue weighted by atomic mass is 9.97. The first-order valence-electron chi connectivity index (χ1n) is 34.2. The Kier molecular flexibility index (Phi) is 49.7. The number of carbonyl (C=O) groups is 1. The number of unbranched alkanes of at least 4 members (excludes halogenated alkanes) is 37. The highest BCUT2D eigenvalue weighted by atomic mass is 16.7. The molecule has 482 valence electrons. The molecule has 0 bridgehead atoms. The summed E-state index contributed by atoms with van der Waals surface area (Å²) in [5.41, 5.74) is 0. The van der Waals surface area contributed by atoms with Crippen LogP contribution in [0.5, 0.6) is 0 Å². The van der Waals surface area contributed by atoms with Crippen molar-refractivity contribution in [2.75, 3.05) is 19.8 Å². The second-order valence-corrected chi connectivity index (χ2v) is 24.3. The number of amides is 1. The highest BCUT2D eigenvalue weighted by Gasteiger charge is 2.51. The topological polar surface area (TPSA) is 228 Å². The number of ether oxygens (including phenoxy) is 4. The van der Waals surface area contributed by atoms with Crippen molar-refractivity contribution in [2.24, 2.45) is 0 Å². The fourth-order valence-corrected chi connectivity index (χ4v) is 11.4. The third-order valence-electron chi connectivity index (χ3n) is 16.9. The normalized spacial score (nSPS) is 24.1. The molecule has 0 spiro atoms. The molecule has 0 aromatic heterocycles. The largest absolute Gasteiger partial charge is 0.394 e. The van der Waals surface area contributed by atoms with E-state index in [-0.39, 0.29) is 12.5 Å². The minimum atomic E-state index is -1.78. The van der Waals surface area contributed by atoms with E-state index in [1.165, 1.54) is 205 Å². The lowest BCUT2D eigenvalue weighted by Gasteiger charge is -2.46. The average molecular weight is 1170 g/mol. The van der Waals surface area contributed by atoms with Gasteiger partial charge < -0.3 is 65.1 Å². The number of aliphatic hydroxyl groups excluding tert-OH is 8. The van der Waals surface area contributed by atoms with E-state index in [1.807, 2.05) is 0 Å². The summed E-state index contributed by atoms with van der Waals surface area (Å²) in [6.45, 7) is 2.87. The molecule has 2 heterocycles. The molecule has 0 aliphatic carbocycles. The number of carbonyl (C=O) groups excluding carboxylic acids is 1. The SMILES string of the molecule is CCCCCCC/C=C\C/C=C\C/C=C\CCCCCCCCCCCCCCCCCCCCCCC(=O)NC(COC1OC(CO)C(OC2OC(CO)C(O)C(O)C2O)C(O)C1O)C(O)CCCCCCCCCCCCCCC. The van der Waals surface area contributed by atoms with Crippen molar-refractivity contribution in [3.05, 3.63) is 36.5 Å². The Morgan fingerprint density at radius 2 is 0.805 bits per heavy atom. The molecule has 14 heteroatoms. The van der Waals surface area contributed by atoms with Gasteiger partial charge in [-0.05, 0) is 51.4 Å². The lowest BCUT2D eigenvalue weighted by molar-refractivity contribution is -0.359. The summed E-state index contributed by atoms with van der Waals surface area (Å²) >= 11 is 0. The van der Waals surface area contributed by atoms with Crippen LogP contribution in [0.4, 0.5) is 0 Å². The van der Waals surface area contributed by atoms with Crippen LogP contribution in [0.25, 0.3) is 0 Å². The van der Waals surface area contributed by atoms with E-state index in [4.69, 9.17) is 18.9 Å². The van der Waals surface area contributed by atoms with Crippen molar-refractivity contribution in [2.45, 2.75) is 370 Å². The first-order valence-corrected chi connectivity index (χ1v) is 34.2. The van der Waals surface area contributed by atoms with Crippen LogP contribution in [0.1, 0.15) is 296 Å². The zero-order valence-electron chi connectivity index (χ0n) is 52.2. The van der Waals surface area contributed by atoms with E-state index in [2.05, 4.69) is 55.6 Å². The van der Waals surface area contributed by atoms with E-state index >= 15 is 0 Å². The van der Waals surface area contributed by atoms with Gasteiger partial charge in [0, 0.05) is 6.42 Å². The maximum atomic E-state index is 13.3. The summed E-state index contributed by atoms with van der Waals surface area (Å²) in [4.78, 5) is 13.3. The second-order valence-electron chi connectivity index (χ2n) is 24.3. The number of aliphatic hydroxyl groups is 8. The second kappa shape index (κ2) is 53.4. The molecule has 0 aromatic carbocycles. The zero-order valence-corrected chi connectivity index (χ0v) is 52.2. The zero-order chi connectivity index (χ0) is 59.5. The molecule has 0 aromatic rings. The summed E-state index contributed by atoms with van der Waals surface area (Å²) in [7, 11) is 0. The van der Waals surface area contributed by atoms with E-state index in [0.717, 1.165) is 64.2 Å². The van der Waals surface area contributed by atoms with Gasteiger partial charge >= 0.3 is 0 Å². The minimum absolute atomic E-state index is 0.203. The number of hydrogen-bond acceptors (Lipinski definition) is 13. The van der Waals surface area contributed by atoms with Crippen LogP contribution in [-0.4, -0.2) is 140 Å². The van der Waals surface area contributed by atoms with Crippen molar-refractivity contribution < 1.29 is 64.6 Å². The van der Waals surface area contributed by atoms with Crippen molar-refractivity contribution in [1.29, 1.82) is 0 Å². The highest BCUT2D eigenvalue weighted by molar-refractivity contribution is 5.76. The van der Waals surface area contributed by atoms with Crippen molar-refractivity contribution in [3.8, 4) is 0 Å². The van der Waals surface area contributed by atoms with E-state index in [9.17, 15) is 45.6 Å². The quantitative estimate of drug-likeness (QED) is 0.0204. The van der Waals surface area contributed by atoms with Crippen molar-refractivity contribution >= 4 is 5.91 Å². The lowest BCUT2D eigenvalue weighted by Crippen LogP contribution is -2.65. The average Bonchev–Trinajstić information content (AvgIpc) is 3.56. The summed E-state index contributed by atoms with van der Waals surface area (Å²) in [5.74, 6) is -0.203. The molecule has 12 unspecified atom stereocenters. The Balaban J connectivity index is 1.58. The van der Waals surface area contributed by atoms with Crippen LogP contribution in [0.15, 0.2) is 36.5 Å². The number of allylic oxidation sites excluding steroid dienone is 6. The van der Waals surface area contributed by atoms with Crippen LogP contribution in [0.2, 0.25) is 0 Å². The first kappa shape index (κ1) is 76.3. The van der Waals surface area contributed by atoms with Gasteiger partial charge in [0.15, 0.2) is 12.6 Å². The maximum Gasteiger partial charge on any atom is 0.220 e. The molecule has 0 saturated carbocycles. The summed E-state index contributed by atoms with van der Waals surface area (Å²) in [6.07, 6.45) is 50.3. The molecule has 0 radical (unpaired) electrons. The summed E-state index contributed by atoms with van der Waals surface area (Å²) < 4.78 is 22.9. The highest BCUT2D eigenvalue weighted by Crippen LogP contribution is 2.30. The molecule has 2 fully saturated rings. The van der Waals surface area contributed by atoms with Gasteiger partial charge in [-0.1, -0.05) is 275 Å². The smallest absolute Gasteiger partial charge is 0.220 e. The fourth-order valence-electron chi connectivity index (χ4n) is 11.4. The van der Waals surface area contributed by atoms with Gasteiger partial charge in [-0.2, -0.15) is 0 Å². The van der Waals surface area contributed by atoms with Gasteiger partial charge in [0.25, 0.3) is 0 Å². The van der Waals surface area contributed by atoms with E-state index < -0.39 is 86.8 Å². The monoisotopic (exact) mass is 1170 g/mol.